The summed E-state index contributed by atoms with van der Waals surface area (Å²) in [7, 11) is 1.82. The van der Waals surface area contributed by atoms with E-state index in [9.17, 15) is 4.79 Å². The quantitative estimate of drug-likeness (QED) is 0.614. The van der Waals surface area contributed by atoms with Crippen LogP contribution in [-0.4, -0.2) is 21.6 Å². The first-order valence-electron chi connectivity index (χ1n) is 5.46. The highest BCUT2D eigenvalue weighted by molar-refractivity contribution is 7.99. The highest BCUT2D eigenvalue weighted by Gasteiger charge is 2.09. The number of aromatic nitrogens is 2. The minimum Gasteiger partial charge on any atom is -0.331 e. The fraction of sp³-hybridized carbons (Fsp3) is 0.231. The van der Waals surface area contributed by atoms with Crippen molar-refractivity contribution in [3.05, 3.63) is 36.3 Å². The van der Waals surface area contributed by atoms with Gasteiger partial charge in [-0.1, -0.05) is 19.1 Å². The van der Waals surface area contributed by atoms with E-state index < -0.39 is 0 Å². The van der Waals surface area contributed by atoms with Crippen molar-refractivity contribution in [3.63, 3.8) is 0 Å². The first-order valence-corrected chi connectivity index (χ1v) is 6.44. The molecule has 0 bridgehead atoms. The summed E-state index contributed by atoms with van der Waals surface area (Å²) in [5.41, 5.74) is 2.34. The number of thioether (sulfide) groups is 1. The molecule has 1 heterocycles. The number of rotatable bonds is 4. The van der Waals surface area contributed by atoms with Crippen molar-refractivity contribution in [2.75, 3.05) is 5.75 Å². The van der Waals surface area contributed by atoms with E-state index in [0.717, 1.165) is 23.3 Å². The Kier molecular flexibility index (Phi) is 3.64. The first-order chi connectivity index (χ1) is 8.26. The Morgan fingerprint density at radius 1 is 1.35 bits per heavy atom. The number of benzene rings is 1. The molecule has 0 fully saturated rings. The van der Waals surface area contributed by atoms with E-state index >= 15 is 0 Å². The Morgan fingerprint density at radius 3 is 2.65 bits per heavy atom. The summed E-state index contributed by atoms with van der Waals surface area (Å²) in [4.78, 5) is 16.5. The van der Waals surface area contributed by atoms with Crippen LogP contribution in [0.3, 0.4) is 0 Å². The Balaban J connectivity index is 2.36. The predicted molar refractivity (Wildman–Crippen MR) is 70.4 cm³/mol. The molecule has 17 heavy (non-hydrogen) atoms. The summed E-state index contributed by atoms with van der Waals surface area (Å²) in [6, 6.07) is 8.14. The summed E-state index contributed by atoms with van der Waals surface area (Å²) >= 11 is 1.80. The molecule has 0 aliphatic heterocycles. The number of hydrogen-bond donors (Lipinski definition) is 0. The SMILES string of the molecule is CCSc1ccc(-c2ncn(C)c2C=O)cc1. The number of nitrogens with zero attached hydrogens (tertiary/aromatic N) is 2. The van der Waals surface area contributed by atoms with Gasteiger partial charge in [0.15, 0.2) is 6.29 Å². The van der Waals surface area contributed by atoms with Gasteiger partial charge in [0.2, 0.25) is 0 Å². The van der Waals surface area contributed by atoms with E-state index in [1.807, 2.05) is 19.2 Å². The molecule has 4 heteroatoms. The van der Waals surface area contributed by atoms with Crippen LogP contribution < -0.4 is 0 Å². The molecule has 88 valence electrons. The van der Waals surface area contributed by atoms with Crippen LogP contribution in [0.2, 0.25) is 0 Å². The maximum atomic E-state index is 11.0. The Labute approximate surface area is 105 Å². The van der Waals surface area contributed by atoms with Gasteiger partial charge < -0.3 is 4.57 Å². The van der Waals surface area contributed by atoms with Gasteiger partial charge >= 0.3 is 0 Å². The summed E-state index contributed by atoms with van der Waals surface area (Å²) in [5.74, 6) is 1.06. The fourth-order valence-electron chi connectivity index (χ4n) is 1.68. The van der Waals surface area contributed by atoms with E-state index in [2.05, 4.69) is 24.0 Å². The van der Waals surface area contributed by atoms with E-state index in [0.29, 0.717) is 5.69 Å². The molecule has 0 saturated carbocycles. The molecule has 0 radical (unpaired) electrons. The van der Waals surface area contributed by atoms with Crippen LogP contribution in [0.15, 0.2) is 35.5 Å². The van der Waals surface area contributed by atoms with Gasteiger partial charge in [0.05, 0.1) is 12.0 Å². The molecule has 0 amide bonds. The van der Waals surface area contributed by atoms with Crippen LogP contribution in [0, 0.1) is 0 Å². The van der Waals surface area contributed by atoms with Gasteiger partial charge in [-0.25, -0.2) is 4.98 Å². The topological polar surface area (TPSA) is 34.9 Å². The van der Waals surface area contributed by atoms with E-state index in [4.69, 9.17) is 0 Å². The zero-order chi connectivity index (χ0) is 12.3. The summed E-state index contributed by atoms with van der Waals surface area (Å²) < 4.78 is 1.73. The molecule has 2 aromatic rings. The average molecular weight is 246 g/mol. The van der Waals surface area contributed by atoms with Crippen molar-refractivity contribution < 1.29 is 4.79 Å². The summed E-state index contributed by atoms with van der Waals surface area (Å²) in [6.07, 6.45) is 2.50. The highest BCUT2D eigenvalue weighted by atomic mass is 32.2. The van der Waals surface area contributed by atoms with Crippen LogP contribution in [0.5, 0.6) is 0 Å². The van der Waals surface area contributed by atoms with Crippen LogP contribution in [-0.2, 0) is 7.05 Å². The molecule has 0 N–H and O–H groups in total. The van der Waals surface area contributed by atoms with Crippen molar-refractivity contribution in [3.8, 4) is 11.3 Å². The smallest absolute Gasteiger partial charge is 0.168 e. The number of imidazole rings is 1. The lowest BCUT2D eigenvalue weighted by Crippen LogP contribution is -1.94. The normalized spacial score (nSPS) is 10.5. The second-order valence-corrected chi connectivity index (χ2v) is 5.00. The van der Waals surface area contributed by atoms with Gasteiger partial charge in [0, 0.05) is 17.5 Å². The monoisotopic (exact) mass is 246 g/mol. The van der Waals surface area contributed by atoms with Gasteiger partial charge in [-0.15, -0.1) is 11.8 Å². The Bertz CT molecular complexity index is 517. The van der Waals surface area contributed by atoms with Crippen LogP contribution in [0.25, 0.3) is 11.3 Å². The largest absolute Gasteiger partial charge is 0.331 e. The lowest BCUT2D eigenvalue weighted by Gasteiger charge is -2.02. The molecule has 0 atom stereocenters. The second-order valence-electron chi connectivity index (χ2n) is 3.66. The summed E-state index contributed by atoms with van der Waals surface area (Å²) in [6.45, 7) is 2.13. The van der Waals surface area contributed by atoms with Crippen molar-refractivity contribution >= 4 is 18.0 Å². The van der Waals surface area contributed by atoms with Crippen LogP contribution >= 0.6 is 11.8 Å². The zero-order valence-electron chi connectivity index (χ0n) is 9.88. The van der Waals surface area contributed by atoms with Crippen molar-refractivity contribution in [2.24, 2.45) is 7.05 Å². The third-order valence-electron chi connectivity index (χ3n) is 2.53. The average Bonchev–Trinajstić information content (AvgIpc) is 2.72. The molecule has 0 saturated heterocycles. The van der Waals surface area contributed by atoms with Crippen molar-refractivity contribution in [1.82, 2.24) is 9.55 Å². The van der Waals surface area contributed by atoms with Gasteiger partial charge in [-0.2, -0.15) is 0 Å². The Morgan fingerprint density at radius 2 is 2.06 bits per heavy atom. The molecule has 0 unspecified atom stereocenters. The van der Waals surface area contributed by atoms with Gasteiger partial charge in [-0.3, -0.25) is 4.79 Å². The molecular weight excluding hydrogens is 232 g/mol. The third-order valence-corrected chi connectivity index (χ3v) is 3.43. The first kappa shape index (κ1) is 11.9. The fourth-order valence-corrected chi connectivity index (χ4v) is 2.34. The number of aryl methyl sites for hydroxylation is 1. The van der Waals surface area contributed by atoms with E-state index in [1.165, 1.54) is 4.90 Å². The number of carbonyl (C=O) groups excluding carboxylic acids is 1. The Hall–Kier alpha value is -1.55. The number of carbonyl (C=O) groups is 1. The van der Waals surface area contributed by atoms with Crippen LogP contribution in [0.4, 0.5) is 0 Å². The lowest BCUT2D eigenvalue weighted by atomic mass is 10.1. The highest BCUT2D eigenvalue weighted by Crippen LogP contribution is 2.24. The van der Waals surface area contributed by atoms with Crippen molar-refractivity contribution in [2.45, 2.75) is 11.8 Å². The van der Waals surface area contributed by atoms with Crippen LogP contribution in [0.1, 0.15) is 17.4 Å². The molecule has 3 nitrogen and oxygen atoms in total. The molecular formula is C13H14N2OS. The minimum absolute atomic E-state index is 0.612. The van der Waals surface area contributed by atoms with Crippen molar-refractivity contribution in [1.29, 1.82) is 0 Å². The van der Waals surface area contributed by atoms with Gasteiger partial charge in [0.25, 0.3) is 0 Å². The zero-order valence-corrected chi connectivity index (χ0v) is 10.7. The van der Waals surface area contributed by atoms with Gasteiger partial charge in [0.1, 0.15) is 5.69 Å². The van der Waals surface area contributed by atoms with E-state index in [1.54, 1.807) is 22.7 Å². The molecule has 0 aliphatic carbocycles. The number of hydrogen-bond acceptors (Lipinski definition) is 3. The third kappa shape index (κ3) is 2.42. The predicted octanol–water partition coefficient (Wildman–Crippen LogP) is 3.01. The minimum atomic E-state index is 0.612. The molecule has 0 spiro atoms. The maximum absolute atomic E-state index is 11.0. The molecule has 1 aromatic carbocycles. The standard InChI is InChI=1S/C13H14N2OS/c1-3-17-11-6-4-10(5-7-11)13-12(8-16)15(2)9-14-13/h4-9H,3H2,1-2H3. The molecule has 1 aromatic heterocycles. The van der Waals surface area contributed by atoms with Gasteiger partial charge in [-0.05, 0) is 17.9 Å². The molecule has 0 aliphatic rings. The maximum Gasteiger partial charge on any atom is 0.168 e. The van der Waals surface area contributed by atoms with E-state index in [-0.39, 0.29) is 0 Å². The number of aldehydes is 1. The summed E-state index contributed by atoms with van der Waals surface area (Å²) in [5, 5.41) is 0. The molecule has 2 rings (SSSR count). The lowest BCUT2D eigenvalue weighted by molar-refractivity contribution is 0.111. The second kappa shape index (κ2) is 5.19.